The van der Waals surface area contributed by atoms with Gasteiger partial charge in [-0.2, -0.15) is 0 Å². The molecule has 0 aromatic heterocycles. The summed E-state index contributed by atoms with van der Waals surface area (Å²) in [5, 5.41) is 14.0. The van der Waals surface area contributed by atoms with Crippen molar-refractivity contribution in [3.8, 4) is 5.75 Å². The summed E-state index contributed by atoms with van der Waals surface area (Å²) >= 11 is 0. The van der Waals surface area contributed by atoms with Gasteiger partial charge in [-0.05, 0) is 75.6 Å². The summed E-state index contributed by atoms with van der Waals surface area (Å²) in [5.41, 5.74) is 1.40. The Morgan fingerprint density at radius 1 is 1.24 bits per heavy atom. The van der Waals surface area contributed by atoms with Gasteiger partial charge in [0.25, 0.3) is 0 Å². The van der Waals surface area contributed by atoms with E-state index in [1.807, 2.05) is 12.1 Å². The van der Waals surface area contributed by atoms with Crippen molar-refractivity contribution in [2.24, 2.45) is 11.8 Å². The number of hydrogen-bond donors (Lipinski definition) is 2. The minimum absolute atomic E-state index is 0.0800. The molecule has 1 aromatic carbocycles. The van der Waals surface area contributed by atoms with Crippen LogP contribution in [0.2, 0.25) is 5.82 Å². The van der Waals surface area contributed by atoms with Gasteiger partial charge < -0.3 is 15.0 Å². The Kier molecular flexibility index (Phi) is 7.90. The summed E-state index contributed by atoms with van der Waals surface area (Å²) in [6.07, 6.45) is 7.39. The van der Waals surface area contributed by atoms with Gasteiger partial charge in [-0.25, -0.2) is 0 Å². The first-order valence-electron chi connectivity index (χ1n) is 11.2. The second-order valence-corrected chi connectivity index (χ2v) is 8.87. The number of Topliss-reactive ketones (excluding diaryl/α,β-unsaturated/α-hetero) is 2. The molecule has 2 aliphatic rings. The predicted octanol–water partition coefficient (Wildman–Crippen LogP) is 3.83. The van der Waals surface area contributed by atoms with Crippen LogP contribution >= 0.6 is 0 Å². The van der Waals surface area contributed by atoms with E-state index in [-0.39, 0.29) is 17.4 Å². The Balaban J connectivity index is 1.48. The summed E-state index contributed by atoms with van der Waals surface area (Å²) in [6, 6.07) is 5.47. The molecule has 2 N–H and O–H groups in total. The smallest absolute Gasteiger partial charge is 0.526 e. The Labute approximate surface area is 174 Å². The Morgan fingerprint density at radius 2 is 2.03 bits per heavy atom. The third-order valence-corrected chi connectivity index (χ3v) is 6.40. The van der Waals surface area contributed by atoms with E-state index in [1.54, 1.807) is 6.07 Å². The molecule has 0 saturated heterocycles. The van der Waals surface area contributed by atoms with Gasteiger partial charge in [-0.15, -0.1) is 0 Å². The average Bonchev–Trinajstić information content (AvgIpc) is 3.12. The molecular formula is C23H34BNO4. The SMILES string of the molecule is CCCCNCC1CCC(CC(=O)C[C@H]2Cc3cccc(C(C)=O)c3OB2O)C1. The fourth-order valence-corrected chi connectivity index (χ4v) is 4.79. The lowest BCUT2D eigenvalue weighted by molar-refractivity contribution is -0.120. The molecule has 1 aromatic rings. The number of carbonyl (C=O) groups excluding carboxylic acids is 2. The first kappa shape index (κ1) is 22.0. The van der Waals surface area contributed by atoms with Crippen molar-refractivity contribution in [3.63, 3.8) is 0 Å². The van der Waals surface area contributed by atoms with Gasteiger partial charge in [-0.1, -0.05) is 25.5 Å². The van der Waals surface area contributed by atoms with Gasteiger partial charge in [-0.3, -0.25) is 9.59 Å². The summed E-state index contributed by atoms with van der Waals surface area (Å²) in [7, 11) is -1.04. The van der Waals surface area contributed by atoms with Crippen molar-refractivity contribution in [2.45, 2.75) is 71.0 Å². The molecule has 5 nitrogen and oxygen atoms in total. The van der Waals surface area contributed by atoms with E-state index >= 15 is 0 Å². The third kappa shape index (κ3) is 5.92. The molecule has 158 valence electrons. The number of carbonyl (C=O) groups is 2. The van der Waals surface area contributed by atoms with Gasteiger partial charge >= 0.3 is 7.12 Å². The fraction of sp³-hybridized carbons (Fsp3) is 0.652. The van der Waals surface area contributed by atoms with Crippen molar-refractivity contribution >= 4 is 18.7 Å². The highest BCUT2D eigenvalue weighted by molar-refractivity contribution is 6.47. The third-order valence-electron chi connectivity index (χ3n) is 6.40. The number of nitrogens with one attached hydrogen (secondary N) is 1. The van der Waals surface area contributed by atoms with E-state index in [9.17, 15) is 14.6 Å². The highest BCUT2D eigenvalue weighted by Gasteiger charge is 2.38. The first-order chi connectivity index (χ1) is 14.0. The largest absolute Gasteiger partial charge is 0.535 e. The van der Waals surface area contributed by atoms with Crippen LogP contribution in [0.25, 0.3) is 0 Å². The topological polar surface area (TPSA) is 75.6 Å². The van der Waals surface area contributed by atoms with Crippen LogP contribution in [-0.2, 0) is 11.2 Å². The highest BCUT2D eigenvalue weighted by Crippen LogP contribution is 2.38. The maximum absolute atomic E-state index is 12.7. The predicted molar refractivity (Wildman–Crippen MR) is 115 cm³/mol. The van der Waals surface area contributed by atoms with E-state index in [0.717, 1.165) is 31.5 Å². The average molecular weight is 399 g/mol. The minimum Gasteiger partial charge on any atom is -0.535 e. The zero-order valence-corrected chi connectivity index (χ0v) is 17.8. The number of rotatable bonds is 10. The van der Waals surface area contributed by atoms with Crippen LogP contribution in [0.4, 0.5) is 0 Å². The fourth-order valence-electron chi connectivity index (χ4n) is 4.79. The Hall–Kier alpha value is -1.66. The molecule has 0 radical (unpaired) electrons. The normalized spacial score (nSPS) is 23.6. The van der Waals surface area contributed by atoms with Gasteiger partial charge in [0.2, 0.25) is 0 Å². The van der Waals surface area contributed by atoms with Crippen LogP contribution in [0.3, 0.4) is 0 Å². The van der Waals surface area contributed by atoms with Crippen molar-refractivity contribution in [1.29, 1.82) is 0 Å². The molecule has 1 fully saturated rings. The van der Waals surface area contributed by atoms with Gasteiger partial charge in [0, 0.05) is 18.7 Å². The summed E-state index contributed by atoms with van der Waals surface area (Å²) in [4.78, 5) is 24.5. The first-order valence-corrected chi connectivity index (χ1v) is 11.2. The Bertz CT molecular complexity index is 723. The van der Waals surface area contributed by atoms with Crippen LogP contribution in [0.5, 0.6) is 5.75 Å². The lowest BCUT2D eigenvalue weighted by Gasteiger charge is -2.28. The maximum Gasteiger partial charge on any atom is 0.526 e. The van der Waals surface area contributed by atoms with E-state index in [0.29, 0.717) is 42.4 Å². The second-order valence-electron chi connectivity index (χ2n) is 8.87. The monoisotopic (exact) mass is 399 g/mol. The lowest BCUT2D eigenvalue weighted by Crippen LogP contribution is -2.35. The standard InChI is InChI=1S/C23H34BNO4/c1-3-4-10-25-15-18-9-8-17(11-18)12-21(27)14-20-13-19-6-5-7-22(16(2)26)23(19)29-24(20)28/h5-7,17-18,20,25,28H,3-4,8-15H2,1-2H3/t17?,18?,20-/m1/s1. The van der Waals surface area contributed by atoms with Crippen molar-refractivity contribution in [1.82, 2.24) is 5.32 Å². The lowest BCUT2D eigenvalue weighted by atomic mass is 9.64. The summed E-state index contributed by atoms with van der Waals surface area (Å²) in [5.74, 6) is 1.52. The minimum atomic E-state index is -1.04. The van der Waals surface area contributed by atoms with Gasteiger partial charge in [0.1, 0.15) is 11.5 Å². The number of hydrogen-bond acceptors (Lipinski definition) is 5. The molecular weight excluding hydrogens is 365 g/mol. The van der Waals surface area contributed by atoms with Crippen LogP contribution in [0, 0.1) is 11.8 Å². The highest BCUT2D eigenvalue weighted by atomic mass is 16.5. The summed E-state index contributed by atoms with van der Waals surface area (Å²) < 4.78 is 5.66. The summed E-state index contributed by atoms with van der Waals surface area (Å²) in [6.45, 7) is 5.85. The zero-order chi connectivity index (χ0) is 20.8. The van der Waals surface area contributed by atoms with Crippen molar-refractivity contribution < 1.29 is 19.3 Å². The van der Waals surface area contributed by atoms with Crippen LogP contribution in [0.1, 0.15) is 74.7 Å². The van der Waals surface area contributed by atoms with E-state index in [1.165, 1.54) is 26.2 Å². The van der Waals surface area contributed by atoms with Gasteiger partial charge in [0.05, 0.1) is 5.56 Å². The van der Waals surface area contributed by atoms with Crippen molar-refractivity contribution in [2.75, 3.05) is 13.1 Å². The number of unbranched alkanes of at least 4 members (excludes halogenated alkanes) is 1. The second kappa shape index (κ2) is 10.4. The number of benzene rings is 1. The maximum atomic E-state index is 12.7. The Morgan fingerprint density at radius 3 is 2.79 bits per heavy atom. The van der Waals surface area contributed by atoms with Crippen molar-refractivity contribution in [3.05, 3.63) is 29.3 Å². The van der Waals surface area contributed by atoms with E-state index in [2.05, 4.69) is 12.2 Å². The molecule has 0 amide bonds. The zero-order valence-electron chi connectivity index (χ0n) is 17.8. The molecule has 3 atom stereocenters. The van der Waals surface area contributed by atoms with Gasteiger partial charge in [0.15, 0.2) is 5.78 Å². The van der Waals surface area contributed by atoms with E-state index in [4.69, 9.17) is 4.65 Å². The van der Waals surface area contributed by atoms with E-state index < -0.39 is 7.12 Å². The molecule has 1 saturated carbocycles. The molecule has 1 heterocycles. The molecule has 29 heavy (non-hydrogen) atoms. The molecule has 0 bridgehead atoms. The van der Waals surface area contributed by atoms with Crippen LogP contribution in [-0.4, -0.2) is 36.8 Å². The number of fused-ring (bicyclic) bond motifs is 1. The molecule has 0 spiro atoms. The molecule has 1 aliphatic carbocycles. The molecule has 6 heteroatoms. The molecule has 2 unspecified atom stereocenters. The quantitative estimate of drug-likeness (QED) is 0.355. The molecule has 1 aliphatic heterocycles. The molecule has 3 rings (SSSR count). The van der Waals surface area contributed by atoms with Crippen LogP contribution < -0.4 is 9.97 Å². The van der Waals surface area contributed by atoms with Crippen LogP contribution in [0.15, 0.2) is 18.2 Å². The number of para-hydroxylation sites is 1. The number of ketones is 2.